The van der Waals surface area contributed by atoms with Crippen molar-refractivity contribution in [2.75, 3.05) is 58.4 Å². The summed E-state index contributed by atoms with van der Waals surface area (Å²) in [7, 11) is 3.49. The van der Waals surface area contributed by atoms with E-state index in [4.69, 9.17) is 9.47 Å². The van der Waals surface area contributed by atoms with Crippen molar-refractivity contribution in [1.29, 1.82) is 0 Å². The number of hydrogen-bond acceptors (Lipinski definition) is 5. The fourth-order valence-electron chi connectivity index (χ4n) is 3.15. The Kier molecular flexibility index (Phi) is 7.35. The number of nitrogens with one attached hydrogen (secondary N) is 1. The molecule has 1 fully saturated rings. The first-order valence-electron chi connectivity index (χ1n) is 9.68. The van der Waals surface area contributed by atoms with E-state index in [1.54, 1.807) is 7.11 Å². The summed E-state index contributed by atoms with van der Waals surface area (Å²) in [4.78, 5) is 13.5. The maximum atomic E-state index is 5.77. The lowest BCUT2D eigenvalue weighted by Gasteiger charge is -2.37. The molecule has 0 spiro atoms. The fourth-order valence-corrected chi connectivity index (χ4v) is 3.15. The normalized spacial score (nSPS) is 14.7. The Bertz CT molecular complexity index is 728. The quantitative estimate of drug-likeness (QED) is 0.450. The van der Waals surface area contributed by atoms with Gasteiger partial charge in [0, 0.05) is 46.0 Å². The smallest absolute Gasteiger partial charge is 0.193 e. The van der Waals surface area contributed by atoms with E-state index < -0.39 is 0 Å². The molecule has 3 rings (SSSR count). The van der Waals surface area contributed by atoms with E-state index in [9.17, 15) is 0 Å². The summed E-state index contributed by atoms with van der Waals surface area (Å²) in [5, 5.41) is 3.44. The van der Waals surface area contributed by atoms with Crippen molar-refractivity contribution < 1.29 is 9.47 Å². The molecule has 1 aromatic heterocycles. The van der Waals surface area contributed by atoms with Crippen LogP contribution in [-0.2, 0) is 0 Å². The first kappa shape index (κ1) is 19.8. The van der Waals surface area contributed by atoms with Gasteiger partial charge in [0.1, 0.15) is 17.3 Å². The molecule has 1 aliphatic rings. The summed E-state index contributed by atoms with van der Waals surface area (Å²) < 4.78 is 10.9. The number of hydrogen-bond donors (Lipinski definition) is 1. The number of pyridine rings is 1. The number of guanidine groups is 1. The van der Waals surface area contributed by atoms with Crippen molar-refractivity contribution >= 4 is 11.8 Å². The molecule has 0 unspecified atom stereocenters. The molecule has 0 bridgehead atoms. The van der Waals surface area contributed by atoms with Gasteiger partial charge in [-0.3, -0.25) is 4.99 Å². The molecule has 28 heavy (non-hydrogen) atoms. The molecule has 7 heteroatoms. The number of rotatable bonds is 7. The Morgan fingerprint density at radius 2 is 1.82 bits per heavy atom. The Morgan fingerprint density at radius 3 is 2.46 bits per heavy atom. The van der Waals surface area contributed by atoms with Gasteiger partial charge in [-0.05, 0) is 42.8 Å². The Labute approximate surface area is 167 Å². The standard InChI is InChI=1S/C21H29N5O2/c1-22-21(24-12-5-17-28-19-9-7-18(27-2)8-10-19)26-15-13-25(14-16-26)20-6-3-4-11-23-20/h3-4,6-11H,5,12-17H2,1-2H3,(H,22,24). The molecule has 0 radical (unpaired) electrons. The number of methoxy groups -OCH3 is 1. The number of nitrogens with zero attached hydrogens (tertiary/aromatic N) is 4. The van der Waals surface area contributed by atoms with E-state index in [2.05, 4.69) is 31.2 Å². The molecule has 0 saturated carbocycles. The van der Waals surface area contributed by atoms with E-state index in [0.717, 1.165) is 62.4 Å². The van der Waals surface area contributed by atoms with Gasteiger partial charge in [-0.15, -0.1) is 0 Å². The molecule has 0 amide bonds. The first-order valence-corrected chi connectivity index (χ1v) is 9.68. The van der Waals surface area contributed by atoms with Crippen molar-refractivity contribution in [2.24, 2.45) is 4.99 Å². The van der Waals surface area contributed by atoms with Crippen molar-refractivity contribution in [2.45, 2.75) is 6.42 Å². The molecule has 2 aromatic rings. The van der Waals surface area contributed by atoms with Gasteiger partial charge in [0.05, 0.1) is 13.7 Å². The van der Waals surface area contributed by atoms with Crippen molar-refractivity contribution in [3.8, 4) is 11.5 Å². The third-order valence-electron chi connectivity index (χ3n) is 4.70. The number of piperazine rings is 1. The minimum Gasteiger partial charge on any atom is -0.497 e. The van der Waals surface area contributed by atoms with Crippen LogP contribution in [-0.4, -0.2) is 69.3 Å². The third kappa shape index (κ3) is 5.52. The van der Waals surface area contributed by atoms with Gasteiger partial charge in [-0.25, -0.2) is 4.98 Å². The second kappa shape index (κ2) is 10.4. The predicted octanol–water partition coefficient (Wildman–Crippen LogP) is 2.26. The van der Waals surface area contributed by atoms with Crippen LogP contribution in [0.1, 0.15) is 6.42 Å². The van der Waals surface area contributed by atoms with Crippen LogP contribution in [0, 0.1) is 0 Å². The van der Waals surface area contributed by atoms with Gasteiger partial charge in [0.15, 0.2) is 5.96 Å². The lowest BCUT2D eigenvalue weighted by Crippen LogP contribution is -2.52. The topological polar surface area (TPSA) is 62.2 Å². The van der Waals surface area contributed by atoms with Crippen LogP contribution in [0.15, 0.2) is 53.7 Å². The van der Waals surface area contributed by atoms with Gasteiger partial charge >= 0.3 is 0 Å². The molecule has 150 valence electrons. The van der Waals surface area contributed by atoms with E-state index in [1.807, 2.05) is 49.6 Å². The first-order chi connectivity index (χ1) is 13.8. The summed E-state index contributed by atoms with van der Waals surface area (Å²) >= 11 is 0. The van der Waals surface area contributed by atoms with Crippen LogP contribution < -0.4 is 19.7 Å². The SMILES string of the molecule is CN=C(NCCCOc1ccc(OC)cc1)N1CCN(c2ccccn2)CC1. The van der Waals surface area contributed by atoms with Crippen molar-refractivity contribution in [3.05, 3.63) is 48.7 Å². The molecule has 1 saturated heterocycles. The van der Waals surface area contributed by atoms with Gasteiger partial charge in [-0.1, -0.05) is 6.07 Å². The van der Waals surface area contributed by atoms with Crippen LogP contribution in [0.4, 0.5) is 5.82 Å². The molecule has 0 aliphatic carbocycles. The average Bonchev–Trinajstić information content (AvgIpc) is 2.77. The highest BCUT2D eigenvalue weighted by atomic mass is 16.5. The molecular formula is C21H29N5O2. The Hall–Kier alpha value is -2.96. The lowest BCUT2D eigenvalue weighted by atomic mass is 10.3. The summed E-state index contributed by atoms with van der Waals surface area (Å²) in [5.41, 5.74) is 0. The Morgan fingerprint density at radius 1 is 1.07 bits per heavy atom. The number of anilines is 1. The van der Waals surface area contributed by atoms with Crippen molar-refractivity contribution in [1.82, 2.24) is 15.2 Å². The monoisotopic (exact) mass is 383 g/mol. The molecule has 0 atom stereocenters. The van der Waals surface area contributed by atoms with Crippen LogP contribution in [0.25, 0.3) is 0 Å². The molecule has 7 nitrogen and oxygen atoms in total. The fraction of sp³-hybridized carbons (Fsp3) is 0.429. The summed E-state index contributed by atoms with van der Waals surface area (Å²) in [6.07, 6.45) is 2.75. The zero-order valence-electron chi connectivity index (χ0n) is 16.7. The summed E-state index contributed by atoms with van der Waals surface area (Å²) in [6.45, 7) is 5.22. The highest BCUT2D eigenvalue weighted by Gasteiger charge is 2.20. The molecule has 2 heterocycles. The maximum absolute atomic E-state index is 5.77. The highest BCUT2D eigenvalue weighted by molar-refractivity contribution is 5.80. The molecule has 1 N–H and O–H groups in total. The van der Waals surface area contributed by atoms with Crippen LogP contribution in [0.2, 0.25) is 0 Å². The molecular weight excluding hydrogens is 354 g/mol. The lowest BCUT2D eigenvalue weighted by molar-refractivity contribution is 0.308. The van der Waals surface area contributed by atoms with E-state index >= 15 is 0 Å². The predicted molar refractivity (Wildman–Crippen MR) is 112 cm³/mol. The number of ether oxygens (including phenoxy) is 2. The average molecular weight is 383 g/mol. The van der Waals surface area contributed by atoms with Crippen molar-refractivity contribution in [3.63, 3.8) is 0 Å². The highest BCUT2D eigenvalue weighted by Crippen LogP contribution is 2.17. The second-order valence-corrected chi connectivity index (χ2v) is 6.51. The Balaban J connectivity index is 1.35. The zero-order chi connectivity index (χ0) is 19.6. The summed E-state index contributed by atoms with van der Waals surface area (Å²) in [5.74, 6) is 3.68. The summed E-state index contributed by atoms with van der Waals surface area (Å²) in [6, 6.07) is 13.7. The minimum atomic E-state index is 0.657. The van der Waals surface area contributed by atoms with Crippen LogP contribution >= 0.6 is 0 Å². The van der Waals surface area contributed by atoms with E-state index in [-0.39, 0.29) is 0 Å². The van der Waals surface area contributed by atoms with Gasteiger partial charge in [-0.2, -0.15) is 0 Å². The van der Waals surface area contributed by atoms with E-state index in [1.165, 1.54) is 0 Å². The second-order valence-electron chi connectivity index (χ2n) is 6.51. The largest absolute Gasteiger partial charge is 0.497 e. The number of benzene rings is 1. The van der Waals surface area contributed by atoms with Gasteiger partial charge in [0.2, 0.25) is 0 Å². The molecule has 1 aromatic carbocycles. The van der Waals surface area contributed by atoms with E-state index in [0.29, 0.717) is 6.61 Å². The number of aliphatic imine (C=N–C) groups is 1. The zero-order valence-corrected chi connectivity index (χ0v) is 16.7. The van der Waals surface area contributed by atoms with Crippen LogP contribution in [0.3, 0.4) is 0 Å². The minimum absolute atomic E-state index is 0.657. The number of aromatic nitrogens is 1. The molecule has 1 aliphatic heterocycles. The third-order valence-corrected chi connectivity index (χ3v) is 4.70. The van der Waals surface area contributed by atoms with Crippen LogP contribution in [0.5, 0.6) is 11.5 Å². The van der Waals surface area contributed by atoms with Gasteiger partial charge in [0.25, 0.3) is 0 Å². The van der Waals surface area contributed by atoms with Gasteiger partial charge < -0.3 is 24.6 Å². The maximum Gasteiger partial charge on any atom is 0.193 e.